The SMILES string of the molecule is CCN(CC)c1ccc(N2CCN(C(=O)Nc3ccc(Cl)c(C(F)(F)F)c3)CC2)nn1. The quantitative estimate of drug-likeness (QED) is 0.724. The van der Waals surface area contributed by atoms with Crippen molar-refractivity contribution in [3.8, 4) is 0 Å². The van der Waals surface area contributed by atoms with Gasteiger partial charge in [0.15, 0.2) is 11.6 Å². The highest BCUT2D eigenvalue weighted by Crippen LogP contribution is 2.36. The second-order valence-electron chi connectivity index (χ2n) is 7.02. The number of benzene rings is 1. The topological polar surface area (TPSA) is 64.6 Å². The molecule has 0 aliphatic carbocycles. The Morgan fingerprint density at radius 3 is 2.32 bits per heavy atom. The summed E-state index contributed by atoms with van der Waals surface area (Å²) in [7, 11) is 0. The molecule has 1 N–H and O–H groups in total. The molecule has 0 radical (unpaired) electrons. The molecular weight excluding hydrogens is 433 g/mol. The van der Waals surface area contributed by atoms with Gasteiger partial charge in [-0.3, -0.25) is 0 Å². The van der Waals surface area contributed by atoms with E-state index in [0.717, 1.165) is 36.9 Å². The molecule has 0 unspecified atom stereocenters. The molecule has 11 heteroatoms. The molecule has 0 atom stereocenters. The lowest BCUT2D eigenvalue weighted by atomic mass is 10.2. The third-order valence-corrected chi connectivity index (χ3v) is 5.47. The summed E-state index contributed by atoms with van der Waals surface area (Å²) >= 11 is 5.62. The normalized spacial score (nSPS) is 14.5. The second kappa shape index (κ2) is 9.59. The molecule has 0 spiro atoms. The standard InChI is InChI=1S/C20H24ClF3N6O/c1-3-28(4-2)17-7-8-18(27-26-17)29-9-11-30(12-10-29)19(31)25-14-5-6-16(21)15(13-14)20(22,23)24/h5-8,13H,3-4,9-12H2,1-2H3,(H,25,31). The zero-order valence-electron chi connectivity index (χ0n) is 17.3. The number of alkyl halides is 3. The van der Waals surface area contributed by atoms with Crippen LogP contribution in [0.2, 0.25) is 5.02 Å². The van der Waals surface area contributed by atoms with E-state index in [1.54, 1.807) is 4.90 Å². The van der Waals surface area contributed by atoms with Gasteiger partial charge in [-0.05, 0) is 44.2 Å². The van der Waals surface area contributed by atoms with E-state index in [1.807, 2.05) is 17.0 Å². The van der Waals surface area contributed by atoms with Gasteiger partial charge in [0.1, 0.15) is 0 Å². The maximum atomic E-state index is 13.0. The van der Waals surface area contributed by atoms with Crippen LogP contribution in [0.3, 0.4) is 0 Å². The molecule has 2 aromatic rings. The number of anilines is 3. The number of urea groups is 1. The number of hydrogen-bond acceptors (Lipinski definition) is 5. The summed E-state index contributed by atoms with van der Waals surface area (Å²) in [4.78, 5) is 18.2. The molecule has 1 aliphatic rings. The fourth-order valence-electron chi connectivity index (χ4n) is 3.36. The number of amides is 2. The number of rotatable bonds is 5. The second-order valence-corrected chi connectivity index (χ2v) is 7.43. The summed E-state index contributed by atoms with van der Waals surface area (Å²) in [6.07, 6.45) is -4.59. The third-order valence-electron chi connectivity index (χ3n) is 5.14. The number of nitrogens with zero attached hydrogens (tertiary/aromatic N) is 5. The van der Waals surface area contributed by atoms with Crippen LogP contribution in [0.25, 0.3) is 0 Å². The Kier molecular flexibility index (Phi) is 7.09. The first-order valence-electron chi connectivity index (χ1n) is 9.99. The van der Waals surface area contributed by atoms with Crippen molar-refractivity contribution in [2.75, 3.05) is 54.4 Å². The summed E-state index contributed by atoms with van der Waals surface area (Å²) in [5, 5.41) is 10.7. The van der Waals surface area contributed by atoms with Gasteiger partial charge in [0.25, 0.3) is 0 Å². The van der Waals surface area contributed by atoms with Crippen LogP contribution in [-0.2, 0) is 6.18 Å². The Morgan fingerprint density at radius 1 is 1.10 bits per heavy atom. The minimum atomic E-state index is -4.59. The van der Waals surface area contributed by atoms with E-state index >= 15 is 0 Å². The van der Waals surface area contributed by atoms with Gasteiger partial charge in [0.05, 0.1) is 10.6 Å². The molecule has 1 aromatic heterocycles. The van der Waals surface area contributed by atoms with Crippen molar-refractivity contribution in [1.29, 1.82) is 0 Å². The molecule has 0 bridgehead atoms. The predicted octanol–water partition coefficient (Wildman–Crippen LogP) is 4.35. The van der Waals surface area contributed by atoms with Gasteiger partial charge in [0, 0.05) is 45.0 Å². The maximum absolute atomic E-state index is 13.0. The number of piperazine rings is 1. The average molecular weight is 457 g/mol. The van der Waals surface area contributed by atoms with E-state index in [4.69, 9.17) is 11.6 Å². The van der Waals surface area contributed by atoms with E-state index in [-0.39, 0.29) is 5.69 Å². The molecule has 7 nitrogen and oxygen atoms in total. The van der Waals surface area contributed by atoms with Gasteiger partial charge in [-0.15, -0.1) is 10.2 Å². The Hall–Kier alpha value is -2.75. The van der Waals surface area contributed by atoms with E-state index in [9.17, 15) is 18.0 Å². The van der Waals surface area contributed by atoms with E-state index in [1.165, 1.54) is 6.07 Å². The van der Waals surface area contributed by atoms with Gasteiger partial charge in [-0.25, -0.2) is 4.79 Å². The predicted molar refractivity (Wildman–Crippen MR) is 115 cm³/mol. The van der Waals surface area contributed by atoms with Gasteiger partial charge >= 0.3 is 12.2 Å². The van der Waals surface area contributed by atoms with Crippen molar-refractivity contribution in [2.24, 2.45) is 0 Å². The number of carbonyl (C=O) groups is 1. The van der Waals surface area contributed by atoms with Crippen LogP contribution in [-0.4, -0.2) is 60.4 Å². The first-order valence-corrected chi connectivity index (χ1v) is 10.4. The summed E-state index contributed by atoms with van der Waals surface area (Å²) < 4.78 is 39.0. The van der Waals surface area contributed by atoms with Crippen molar-refractivity contribution in [3.63, 3.8) is 0 Å². The van der Waals surface area contributed by atoms with Crippen molar-refractivity contribution in [2.45, 2.75) is 20.0 Å². The Morgan fingerprint density at radius 2 is 1.77 bits per heavy atom. The fraction of sp³-hybridized carbons (Fsp3) is 0.450. The number of halogens is 4. The minimum Gasteiger partial charge on any atom is -0.356 e. The number of aromatic nitrogens is 2. The van der Waals surface area contributed by atoms with Gasteiger partial charge < -0.3 is 20.0 Å². The smallest absolute Gasteiger partial charge is 0.356 e. The van der Waals surface area contributed by atoms with E-state index < -0.39 is 22.8 Å². The largest absolute Gasteiger partial charge is 0.417 e. The Labute approximate surface area is 183 Å². The molecular formula is C20H24ClF3N6O. The molecule has 3 rings (SSSR count). The number of carbonyl (C=O) groups excluding carboxylic acids is 1. The lowest BCUT2D eigenvalue weighted by molar-refractivity contribution is -0.137. The van der Waals surface area contributed by atoms with Crippen molar-refractivity contribution < 1.29 is 18.0 Å². The van der Waals surface area contributed by atoms with Crippen molar-refractivity contribution in [1.82, 2.24) is 15.1 Å². The molecule has 1 saturated heterocycles. The highest BCUT2D eigenvalue weighted by atomic mass is 35.5. The Bertz CT molecular complexity index is 897. The average Bonchev–Trinajstić information content (AvgIpc) is 2.76. The maximum Gasteiger partial charge on any atom is 0.417 e. The fourth-order valence-corrected chi connectivity index (χ4v) is 3.59. The van der Waals surface area contributed by atoms with Crippen LogP contribution in [0.4, 0.5) is 35.3 Å². The van der Waals surface area contributed by atoms with Gasteiger partial charge in [-0.2, -0.15) is 13.2 Å². The van der Waals surface area contributed by atoms with Crippen LogP contribution in [0.5, 0.6) is 0 Å². The van der Waals surface area contributed by atoms with Crippen molar-refractivity contribution in [3.05, 3.63) is 40.9 Å². The van der Waals surface area contributed by atoms with Crippen LogP contribution in [0.1, 0.15) is 19.4 Å². The summed E-state index contributed by atoms with van der Waals surface area (Å²) in [6, 6.07) is 6.68. The Balaban J connectivity index is 1.58. The highest BCUT2D eigenvalue weighted by Gasteiger charge is 2.33. The third kappa shape index (κ3) is 5.49. The minimum absolute atomic E-state index is 0.0435. The van der Waals surface area contributed by atoms with Crippen molar-refractivity contribution >= 4 is 35.0 Å². The molecule has 1 aromatic carbocycles. The molecule has 168 valence electrons. The first kappa shape index (κ1) is 22.9. The van der Waals surface area contributed by atoms with E-state index in [2.05, 4.69) is 34.3 Å². The monoisotopic (exact) mass is 456 g/mol. The zero-order valence-corrected chi connectivity index (χ0v) is 18.0. The molecule has 31 heavy (non-hydrogen) atoms. The highest BCUT2D eigenvalue weighted by molar-refractivity contribution is 6.31. The molecule has 0 saturated carbocycles. The molecule has 1 aliphatic heterocycles. The lowest BCUT2D eigenvalue weighted by Crippen LogP contribution is -2.50. The lowest BCUT2D eigenvalue weighted by Gasteiger charge is -2.35. The number of hydrogen-bond donors (Lipinski definition) is 1. The first-order chi connectivity index (χ1) is 14.7. The van der Waals surface area contributed by atoms with Crippen LogP contribution < -0.4 is 15.1 Å². The summed E-state index contributed by atoms with van der Waals surface area (Å²) in [6.45, 7) is 7.69. The summed E-state index contributed by atoms with van der Waals surface area (Å²) in [5.74, 6) is 1.54. The van der Waals surface area contributed by atoms with Crippen LogP contribution in [0, 0.1) is 0 Å². The molecule has 2 amide bonds. The number of nitrogens with one attached hydrogen (secondary N) is 1. The molecule has 1 fully saturated rings. The summed E-state index contributed by atoms with van der Waals surface area (Å²) in [5.41, 5.74) is -0.939. The van der Waals surface area contributed by atoms with Gasteiger partial charge in [-0.1, -0.05) is 11.6 Å². The van der Waals surface area contributed by atoms with Crippen LogP contribution >= 0.6 is 11.6 Å². The zero-order chi connectivity index (χ0) is 22.6. The van der Waals surface area contributed by atoms with Gasteiger partial charge in [0.2, 0.25) is 0 Å². The molecule has 2 heterocycles. The van der Waals surface area contributed by atoms with E-state index in [0.29, 0.717) is 26.2 Å². The van der Waals surface area contributed by atoms with Crippen LogP contribution in [0.15, 0.2) is 30.3 Å².